The maximum Gasteiger partial charge on any atom is 0.305 e. The molecule has 2 nitrogen and oxygen atoms in total. The first-order valence-corrected chi connectivity index (χ1v) is 7.47. The Labute approximate surface area is 124 Å². The molecule has 0 spiro atoms. The molecule has 20 heavy (non-hydrogen) atoms. The van der Waals surface area contributed by atoms with E-state index in [2.05, 4.69) is 40.0 Å². The second-order valence-electron chi connectivity index (χ2n) is 5.65. The number of carbonyl (C=O) groups is 1. The Balaban J connectivity index is 4.15. The maximum absolute atomic E-state index is 11.0. The molecule has 0 rings (SSSR count). The Morgan fingerprint density at radius 3 is 2.35 bits per heavy atom. The topological polar surface area (TPSA) is 26.3 Å². The lowest BCUT2D eigenvalue weighted by molar-refractivity contribution is -0.143. The molecule has 1 atom stereocenters. The lowest BCUT2D eigenvalue weighted by Crippen LogP contribution is -2.04. The van der Waals surface area contributed by atoms with Crippen molar-refractivity contribution in [3.8, 4) is 0 Å². The van der Waals surface area contributed by atoms with Crippen LogP contribution in [0.25, 0.3) is 0 Å². The standard InChI is InChI=1S/C18H30O2/c1-7-18(19)20-13-12-16(6)9-11-17(15(4)5)10-8-14(2)3/h9,17H,2,4,7-8,10-13H2,1,3,5-6H3/b16-9+/t17-/m1/s1. The summed E-state index contributed by atoms with van der Waals surface area (Å²) in [7, 11) is 0. The van der Waals surface area contributed by atoms with Gasteiger partial charge >= 0.3 is 5.97 Å². The van der Waals surface area contributed by atoms with E-state index in [4.69, 9.17) is 4.74 Å². The molecule has 0 fully saturated rings. The summed E-state index contributed by atoms with van der Waals surface area (Å²) in [6.07, 6.45) is 6.68. The van der Waals surface area contributed by atoms with E-state index in [-0.39, 0.29) is 5.97 Å². The van der Waals surface area contributed by atoms with Gasteiger partial charge < -0.3 is 4.74 Å². The zero-order chi connectivity index (χ0) is 15.5. The summed E-state index contributed by atoms with van der Waals surface area (Å²) in [5, 5.41) is 0. The van der Waals surface area contributed by atoms with Crippen LogP contribution in [0.15, 0.2) is 36.0 Å². The van der Waals surface area contributed by atoms with Crippen molar-refractivity contribution in [2.75, 3.05) is 6.61 Å². The number of allylic oxidation sites excluding steroid dienone is 3. The Hall–Kier alpha value is -1.31. The van der Waals surface area contributed by atoms with Gasteiger partial charge in [0.2, 0.25) is 0 Å². The molecular weight excluding hydrogens is 248 g/mol. The van der Waals surface area contributed by atoms with Crippen LogP contribution in [0.1, 0.15) is 59.8 Å². The predicted octanol–water partition coefficient (Wildman–Crippen LogP) is 5.21. The van der Waals surface area contributed by atoms with Gasteiger partial charge in [0, 0.05) is 12.8 Å². The molecule has 0 aliphatic carbocycles. The lowest BCUT2D eigenvalue weighted by Gasteiger charge is -2.15. The Morgan fingerprint density at radius 1 is 1.20 bits per heavy atom. The Kier molecular flexibility index (Phi) is 9.79. The number of hydrogen-bond acceptors (Lipinski definition) is 2. The molecular formula is C18H30O2. The Bertz CT molecular complexity index is 364. The molecule has 0 unspecified atom stereocenters. The molecule has 0 aliphatic heterocycles. The van der Waals surface area contributed by atoms with Gasteiger partial charge in [0.15, 0.2) is 0 Å². The van der Waals surface area contributed by atoms with Gasteiger partial charge in [-0.15, -0.1) is 6.58 Å². The van der Waals surface area contributed by atoms with Crippen molar-refractivity contribution in [1.29, 1.82) is 0 Å². The van der Waals surface area contributed by atoms with E-state index < -0.39 is 0 Å². The fraction of sp³-hybridized carbons (Fsp3) is 0.611. The number of hydrogen-bond donors (Lipinski definition) is 0. The molecule has 0 aromatic rings. The number of ether oxygens (including phenoxy) is 1. The second-order valence-corrected chi connectivity index (χ2v) is 5.65. The third-order valence-electron chi connectivity index (χ3n) is 3.42. The van der Waals surface area contributed by atoms with Crippen LogP contribution in [0.4, 0.5) is 0 Å². The minimum Gasteiger partial charge on any atom is -0.465 e. The SMILES string of the molecule is C=C(C)CC[C@H](C/C=C(\C)CCOC(=O)CC)C(=C)C. The third kappa shape index (κ3) is 9.60. The van der Waals surface area contributed by atoms with Gasteiger partial charge in [0.25, 0.3) is 0 Å². The van der Waals surface area contributed by atoms with Crippen molar-refractivity contribution in [2.24, 2.45) is 5.92 Å². The molecule has 0 bridgehead atoms. The van der Waals surface area contributed by atoms with E-state index >= 15 is 0 Å². The Morgan fingerprint density at radius 2 is 1.85 bits per heavy atom. The summed E-state index contributed by atoms with van der Waals surface area (Å²) in [6.45, 7) is 16.6. The largest absolute Gasteiger partial charge is 0.465 e. The summed E-state index contributed by atoms with van der Waals surface area (Å²) in [4.78, 5) is 11.0. The number of esters is 1. The van der Waals surface area contributed by atoms with Gasteiger partial charge in [-0.1, -0.05) is 36.3 Å². The summed E-state index contributed by atoms with van der Waals surface area (Å²) in [6, 6.07) is 0. The molecule has 0 saturated heterocycles. The highest BCUT2D eigenvalue weighted by Gasteiger charge is 2.08. The minimum absolute atomic E-state index is 0.126. The molecule has 0 amide bonds. The van der Waals surface area contributed by atoms with Gasteiger partial charge in [0.1, 0.15) is 0 Å². The van der Waals surface area contributed by atoms with E-state index in [0.29, 0.717) is 18.9 Å². The molecule has 0 N–H and O–H groups in total. The first-order chi connectivity index (χ1) is 9.36. The normalized spacial score (nSPS) is 12.9. The fourth-order valence-electron chi connectivity index (χ4n) is 1.86. The molecule has 0 saturated carbocycles. The highest BCUT2D eigenvalue weighted by molar-refractivity contribution is 5.68. The van der Waals surface area contributed by atoms with Crippen LogP contribution < -0.4 is 0 Å². The van der Waals surface area contributed by atoms with Crippen molar-refractivity contribution >= 4 is 5.97 Å². The van der Waals surface area contributed by atoms with Crippen LogP contribution in [-0.4, -0.2) is 12.6 Å². The average molecular weight is 278 g/mol. The van der Waals surface area contributed by atoms with Gasteiger partial charge in [0.05, 0.1) is 6.61 Å². The summed E-state index contributed by atoms with van der Waals surface area (Å²) >= 11 is 0. The summed E-state index contributed by atoms with van der Waals surface area (Å²) in [5.74, 6) is 0.388. The molecule has 2 heteroatoms. The quantitative estimate of drug-likeness (QED) is 0.405. The monoisotopic (exact) mass is 278 g/mol. The van der Waals surface area contributed by atoms with Crippen LogP contribution in [0.3, 0.4) is 0 Å². The van der Waals surface area contributed by atoms with E-state index in [1.165, 1.54) is 16.7 Å². The zero-order valence-corrected chi connectivity index (χ0v) is 13.6. The highest BCUT2D eigenvalue weighted by Crippen LogP contribution is 2.22. The van der Waals surface area contributed by atoms with Crippen molar-refractivity contribution in [3.05, 3.63) is 36.0 Å². The third-order valence-corrected chi connectivity index (χ3v) is 3.42. The lowest BCUT2D eigenvalue weighted by atomic mass is 9.90. The molecule has 0 heterocycles. The predicted molar refractivity (Wildman–Crippen MR) is 86.6 cm³/mol. The van der Waals surface area contributed by atoms with E-state index in [1.54, 1.807) is 0 Å². The fourth-order valence-corrected chi connectivity index (χ4v) is 1.86. The van der Waals surface area contributed by atoms with Gasteiger partial charge in [-0.25, -0.2) is 0 Å². The van der Waals surface area contributed by atoms with Crippen molar-refractivity contribution in [3.63, 3.8) is 0 Å². The second kappa shape index (κ2) is 10.5. The van der Waals surface area contributed by atoms with Crippen LogP contribution in [0.2, 0.25) is 0 Å². The van der Waals surface area contributed by atoms with Crippen LogP contribution in [0.5, 0.6) is 0 Å². The average Bonchev–Trinajstić information content (AvgIpc) is 2.37. The van der Waals surface area contributed by atoms with Crippen molar-refractivity contribution in [1.82, 2.24) is 0 Å². The van der Waals surface area contributed by atoms with Gasteiger partial charge in [-0.05, 0) is 46.0 Å². The van der Waals surface area contributed by atoms with Crippen LogP contribution in [0, 0.1) is 5.92 Å². The van der Waals surface area contributed by atoms with Crippen LogP contribution in [-0.2, 0) is 9.53 Å². The summed E-state index contributed by atoms with van der Waals surface area (Å²) in [5.41, 5.74) is 3.73. The first kappa shape index (κ1) is 18.7. The number of carbonyl (C=O) groups excluding carboxylic acids is 1. The highest BCUT2D eigenvalue weighted by atomic mass is 16.5. The first-order valence-electron chi connectivity index (χ1n) is 7.47. The van der Waals surface area contributed by atoms with Gasteiger partial charge in [-0.3, -0.25) is 4.79 Å². The molecule has 114 valence electrons. The van der Waals surface area contributed by atoms with Crippen molar-refractivity contribution in [2.45, 2.75) is 59.8 Å². The molecule has 0 aliphatic rings. The van der Waals surface area contributed by atoms with Crippen molar-refractivity contribution < 1.29 is 9.53 Å². The maximum atomic E-state index is 11.0. The summed E-state index contributed by atoms with van der Waals surface area (Å²) < 4.78 is 5.09. The van der Waals surface area contributed by atoms with E-state index in [0.717, 1.165) is 25.7 Å². The molecule has 0 aromatic heterocycles. The zero-order valence-electron chi connectivity index (χ0n) is 13.6. The molecule has 0 radical (unpaired) electrons. The minimum atomic E-state index is -0.126. The van der Waals surface area contributed by atoms with E-state index in [9.17, 15) is 4.79 Å². The smallest absolute Gasteiger partial charge is 0.305 e. The van der Waals surface area contributed by atoms with E-state index in [1.807, 2.05) is 6.92 Å². The van der Waals surface area contributed by atoms with Gasteiger partial charge in [-0.2, -0.15) is 0 Å². The molecule has 0 aromatic carbocycles. The number of rotatable bonds is 10. The van der Waals surface area contributed by atoms with Crippen LogP contribution >= 0.6 is 0 Å².